The number of aromatic hydroxyl groups is 1. The van der Waals surface area contributed by atoms with Crippen LogP contribution in [0.2, 0.25) is 0 Å². The number of hydrogen-bond acceptors (Lipinski definition) is 7. The summed E-state index contributed by atoms with van der Waals surface area (Å²) in [5.74, 6) is 1.19. The summed E-state index contributed by atoms with van der Waals surface area (Å²) in [5.41, 5.74) is 2.61. The number of para-hydroxylation sites is 1. The summed E-state index contributed by atoms with van der Waals surface area (Å²) >= 11 is 0. The average Bonchev–Trinajstić information content (AvgIpc) is 3.02. The predicted molar refractivity (Wildman–Crippen MR) is 111 cm³/mol. The Kier molecular flexibility index (Phi) is 5.07. The second-order valence-electron chi connectivity index (χ2n) is 7.16. The molecular formula is C22H24N2O5. The molecule has 0 unspecified atom stereocenters. The maximum Gasteiger partial charge on any atom is 0.344 e. The number of ether oxygens (including phenoxy) is 3. The number of rotatable bonds is 4. The van der Waals surface area contributed by atoms with Gasteiger partial charge in [-0.1, -0.05) is 12.1 Å². The maximum atomic E-state index is 12.4. The molecule has 2 aromatic rings. The molecule has 0 amide bonds. The van der Waals surface area contributed by atoms with Gasteiger partial charge >= 0.3 is 5.97 Å². The first-order valence-electron chi connectivity index (χ1n) is 9.47. The van der Waals surface area contributed by atoms with Crippen LogP contribution < -0.4 is 14.4 Å². The van der Waals surface area contributed by atoms with Crippen LogP contribution in [0.15, 0.2) is 30.3 Å². The summed E-state index contributed by atoms with van der Waals surface area (Å²) in [6.07, 6.45) is 1.79. The summed E-state index contributed by atoms with van der Waals surface area (Å²) in [5, 5.41) is 10.6. The Morgan fingerprint density at radius 3 is 2.34 bits per heavy atom. The van der Waals surface area contributed by atoms with Crippen molar-refractivity contribution in [3.05, 3.63) is 47.0 Å². The first kappa shape index (κ1) is 19.1. The SMILES string of the molecule is COc1cc2c(cc1OC)/C(=C/c1cccc(O)c1N1CCN(C)CC1)OC2=O. The third kappa shape index (κ3) is 3.49. The third-order valence-corrected chi connectivity index (χ3v) is 5.36. The first-order valence-corrected chi connectivity index (χ1v) is 9.47. The van der Waals surface area contributed by atoms with Crippen molar-refractivity contribution in [2.45, 2.75) is 0 Å². The van der Waals surface area contributed by atoms with Crippen LogP contribution in [0, 0.1) is 0 Å². The van der Waals surface area contributed by atoms with E-state index >= 15 is 0 Å². The van der Waals surface area contributed by atoms with E-state index in [2.05, 4.69) is 16.8 Å². The van der Waals surface area contributed by atoms with Crippen molar-refractivity contribution in [3.8, 4) is 17.2 Å². The molecule has 1 fully saturated rings. The molecule has 2 heterocycles. The number of benzene rings is 2. The molecular weight excluding hydrogens is 372 g/mol. The number of nitrogens with zero attached hydrogens (tertiary/aromatic N) is 2. The maximum absolute atomic E-state index is 12.4. The second kappa shape index (κ2) is 7.67. The van der Waals surface area contributed by atoms with Crippen LogP contribution in [0.25, 0.3) is 11.8 Å². The standard InChI is InChI=1S/C22H24N2O5/c1-23-7-9-24(10-8-23)21-14(5-4-6-17(21)25)11-18-15-12-19(27-2)20(28-3)13-16(15)22(26)29-18/h4-6,11-13,25H,7-10H2,1-3H3/b18-11-. The number of carbonyl (C=O) groups is 1. The Bertz CT molecular complexity index is 977. The van der Waals surface area contributed by atoms with Crippen LogP contribution in [0.4, 0.5) is 5.69 Å². The fourth-order valence-electron chi connectivity index (χ4n) is 3.75. The zero-order valence-corrected chi connectivity index (χ0v) is 16.8. The van der Waals surface area contributed by atoms with E-state index in [1.54, 1.807) is 37.5 Å². The number of hydrogen-bond donors (Lipinski definition) is 1. The Labute approximate surface area is 169 Å². The average molecular weight is 396 g/mol. The van der Waals surface area contributed by atoms with Crippen molar-refractivity contribution >= 4 is 23.5 Å². The van der Waals surface area contributed by atoms with E-state index in [4.69, 9.17) is 14.2 Å². The zero-order chi connectivity index (χ0) is 20.5. The number of methoxy groups -OCH3 is 2. The first-order chi connectivity index (χ1) is 14.0. The highest BCUT2D eigenvalue weighted by Crippen LogP contribution is 2.41. The molecule has 7 heteroatoms. The largest absolute Gasteiger partial charge is 0.506 e. The minimum Gasteiger partial charge on any atom is -0.506 e. The van der Waals surface area contributed by atoms with Gasteiger partial charge in [-0.2, -0.15) is 0 Å². The van der Waals surface area contributed by atoms with Crippen LogP contribution in [0.3, 0.4) is 0 Å². The van der Waals surface area contributed by atoms with E-state index in [0.29, 0.717) is 28.4 Å². The van der Waals surface area contributed by atoms with Crippen molar-refractivity contribution in [1.82, 2.24) is 4.90 Å². The molecule has 0 bridgehead atoms. The van der Waals surface area contributed by atoms with Gasteiger partial charge in [0.2, 0.25) is 0 Å². The van der Waals surface area contributed by atoms with E-state index in [9.17, 15) is 9.90 Å². The van der Waals surface area contributed by atoms with E-state index in [-0.39, 0.29) is 5.75 Å². The van der Waals surface area contributed by atoms with Crippen LogP contribution in [0.5, 0.6) is 17.2 Å². The van der Waals surface area contributed by atoms with Crippen molar-refractivity contribution in [2.24, 2.45) is 0 Å². The van der Waals surface area contributed by atoms with Crippen molar-refractivity contribution in [2.75, 3.05) is 52.3 Å². The van der Waals surface area contributed by atoms with E-state index < -0.39 is 5.97 Å². The second-order valence-corrected chi connectivity index (χ2v) is 7.16. The Balaban J connectivity index is 1.77. The van der Waals surface area contributed by atoms with Gasteiger partial charge in [-0.3, -0.25) is 0 Å². The third-order valence-electron chi connectivity index (χ3n) is 5.36. The van der Waals surface area contributed by atoms with Gasteiger partial charge in [0.15, 0.2) is 11.5 Å². The molecule has 0 spiro atoms. The van der Waals surface area contributed by atoms with Gasteiger partial charge in [0.25, 0.3) is 0 Å². The molecule has 0 saturated carbocycles. The Hall–Kier alpha value is -3.19. The molecule has 0 aliphatic carbocycles. The smallest absolute Gasteiger partial charge is 0.344 e. The number of phenols is 1. The summed E-state index contributed by atoms with van der Waals surface area (Å²) in [6.45, 7) is 3.45. The lowest BCUT2D eigenvalue weighted by Crippen LogP contribution is -2.44. The summed E-state index contributed by atoms with van der Waals surface area (Å²) in [6, 6.07) is 8.74. The quantitative estimate of drug-likeness (QED) is 0.797. The predicted octanol–water partition coefficient (Wildman–Crippen LogP) is 2.83. The van der Waals surface area contributed by atoms with Crippen LogP contribution >= 0.6 is 0 Å². The van der Waals surface area contributed by atoms with Gasteiger partial charge in [-0.15, -0.1) is 0 Å². The number of esters is 1. The minimum absolute atomic E-state index is 0.209. The molecule has 1 saturated heterocycles. The molecule has 2 aliphatic rings. The number of anilines is 1. The van der Waals surface area contributed by atoms with Gasteiger partial charge in [-0.05, 0) is 31.3 Å². The zero-order valence-electron chi connectivity index (χ0n) is 16.8. The highest BCUT2D eigenvalue weighted by molar-refractivity contribution is 6.07. The Morgan fingerprint density at radius 2 is 1.69 bits per heavy atom. The summed E-state index contributed by atoms with van der Waals surface area (Å²) < 4.78 is 16.2. The van der Waals surface area contributed by atoms with Gasteiger partial charge < -0.3 is 29.1 Å². The van der Waals surface area contributed by atoms with Crippen molar-refractivity contribution < 1.29 is 24.1 Å². The van der Waals surface area contributed by atoms with Gasteiger partial charge in [0.1, 0.15) is 11.5 Å². The number of fused-ring (bicyclic) bond motifs is 1. The molecule has 2 aromatic carbocycles. The van der Waals surface area contributed by atoms with Crippen LogP contribution in [-0.4, -0.2) is 63.4 Å². The van der Waals surface area contributed by atoms with E-state index in [1.165, 1.54) is 7.11 Å². The van der Waals surface area contributed by atoms with Gasteiger partial charge in [0.05, 0.1) is 25.5 Å². The van der Waals surface area contributed by atoms with Gasteiger partial charge in [-0.25, -0.2) is 4.79 Å². The van der Waals surface area contributed by atoms with E-state index in [1.807, 2.05) is 6.07 Å². The molecule has 1 N–H and O–H groups in total. The fraction of sp³-hybridized carbons (Fsp3) is 0.318. The van der Waals surface area contributed by atoms with Gasteiger partial charge in [0, 0.05) is 37.3 Å². The molecule has 0 atom stereocenters. The molecule has 29 heavy (non-hydrogen) atoms. The minimum atomic E-state index is -0.437. The molecule has 0 radical (unpaired) electrons. The lowest BCUT2D eigenvalue weighted by atomic mass is 10.0. The molecule has 7 nitrogen and oxygen atoms in total. The number of cyclic esters (lactones) is 1. The summed E-state index contributed by atoms with van der Waals surface area (Å²) in [7, 11) is 5.16. The highest BCUT2D eigenvalue weighted by Gasteiger charge is 2.30. The van der Waals surface area contributed by atoms with Crippen LogP contribution in [0.1, 0.15) is 21.5 Å². The highest BCUT2D eigenvalue weighted by atomic mass is 16.5. The number of carbonyl (C=O) groups excluding carboxylic acids is 1. The monoisotopic (exact) mass is 396 g/mol. The van der Waals surface area contributed by atoms with E-state index in [0.717, 1.165) is 37.4 Å². The number of phenolic OH excluding ortho intramolecular Hbond substituents is 1. The molecule has 152 valence electrons. The lowest BCUT2D eigenvalue weighted by molar-refractivity contribution is 0.0717. The number of likely N-dealkylation sites (N-methyl/N-ethyl adjacent to an activating group) is 1. The number of piperazine rings is 1. The fourth-order valence-corrected chi connectivity index (χ4v) is 3.75. The topological polar surface area (TPSA) is 71.5 Å². The van der Waals surface area contributed by atoms with Crippen LogP contribution in [-0.2, 0) is 4.74 Å². The Morgan fingerprint density at radius 1 is 1.03 bits per heavy atom. The molecule has 2 aliphatic heterocycles. The van der Waals surface area contributed by atoms with Crippen molar-refractivity contribution in [3.63, 3.8) is 0 Å². The normalized spacial score (nSPS) is 18.0. The lowest BCUT2D eigenvalue weighted by Gasteiger charge is -2.35. The summed E-state index contributed by atoms with van der Waals surface area (Å²) in [4.78, 5) is 16.8. The van der Waals surface area contributed by atoms with Crippen molar-refractivity contribution in [1.29, 1.82) is 0 Å². The molecule has 4 rings (SSSR count). The molecule has 0 aromatic heterocycles.